The SMILES string of the molecule is CC1=CC(=O)N(CCN2CCSCC2)C1=O. The Hall–Kier alpha value is -0.810. The maximum atomic E-state index is 11.6. The van der Waals surface area contributed by atoms with Crippen LogP contribution in [0.5, 0.6) is 0 Å². The van der Waals surface area contributed by atoms with Gasteiger partial charge in [-0.05, 0) is 6.92 Å². The molecule has 1 fully saturated rings. The molecule has 0 spiro atoms. The molecule has 2 aliphatic rings. The summed E-state index contributed by atoms with van der Waals surface area (Å²) < 4.78 is 0. The molecule has 2 aliphatic heterocycles. The summed E-state index contributed by atoms with van der Waals surface area (Å²) in [7, 11) is 0. The molecule has 2 heterocycles. The summed E-state index contributed by atoms with van der Waals surface area (Å²) in [5.74, 6) is 2.02. The highest BCUT2D eigenvalue weighted by Crippen LogP contribution is 2.13. The lowest BCUT2D eigenvalue weighted by molar-refractivity contribution is -0.137. The molecule has 0 aliphatic carbocycles. The fourth-order valence-electron chi connectivity index (χ4n) is 1.92. The van der Waals surface area contributed by atoms with Gasteiger partial charge in [0.05, 0.1) is 0 Å². The van der Waals surface area contributed by atoms with Crippen LogP contribution in [-0.2, 0) is 9.59 Å². The van der Waals surface area contributed by atoms with Crippen molar-refractivity contribution in [3.63, 3.8) is 0 Å². The van der Waals surface area contributed by atoms with Crippen LogP contribution in [0, 0.1) is 0 Å². The molecule has 2 rings (SSSR count). The Balaban J connectivity index is 1.82. The van der Waals surface area contributed by atoms with Crippen LogP contribution < -0.4 is 0 Å². The van der Waals surface area contributed by atoms with Gasteiger partial charge in [-0.2, -0.15) is 11.8 Å². The average Bonchev–Trinajstić information content (AvgIpc) is 2.53. The predicted octanol–water partition coefficient (Wildman–Crippen LogP) is 0.350. The minimum Gasteiger partial charge on any atom is -0.300 e. The van der Waals surface area contributed by atoms with Crippen LogP contribution in [0.25, 0.3) is 0 Å². The predicted molar refractivity (Wildman–Crippen MR) is 64.2 cm³/mol. The molecule has 1 saturated heterocycles. The number of thioether (sulfide) groups is 1. The van der Waals surface area contributed by atoms with Crippen LogP contribution in [0.2, 0.25) is 0 Å². The van der Waals surface area contributed by atoms with Crippen molar-refractivity contribution in [2.24, 2.45) is 0 Å². The van der Waals surface area contributed by atoms with Crippen molar-refractivity contribution in [2.75, 3.05) is 37.7 Å². The summed E-state index contributed by atoms with van der Waals surface area (Å²) in [4.78, 5) is 26.7. The van der Waals surface area contributed by atoms with Gasteiger partial charge in [-0.3, -0.25) is 19.4 Å². The van der Waals surface area contributed by atoms with Crippen molar-refractivity contribution in [2.45, 2.75) is 6.92 Å². The fraction of sp³-hybridized carbons (Fsp3) is 0.636. The van der Waals surface area contributed by atoms with E-state index in [1.165, 1.54) is 11.0 Å². The minimum absolute atomic E-state index is 0.128. The lowest BCUT2D eigenvalue weighted by atomic mass is 10.3. The first-order chi connectivity index (χ1) is 7.68. The van der Waals surface area contributed by atoms with Crippen molar-refractivity contribution in [1.29, 1.82) is 0 Å². The maximum absolute atomic E-state index is 11.6. The molecule has 0 atom stereocenters. The Kier molecular flexibility index (Phi) is 3.66. The van der Waals surface area contributed by atoms with Crippen LogP contribution in [0.15, 0.2) is 11.6 Å². The number of hydrogen-bond donors (Lipinski definition) is 0. The van der Waals surface area contributed by atoms with Crippen LogP contribution in [0.1, 0.15) is 6.92 Å². The van der Waals surface area contributed by atoms with Crippen molar-refractivity contribution in [3.05, 3.63) is 11.6 Å². The van der Waals surface area contributed by atoms with E-state index in [1.54, 1.807) is 6.92 Å². The van der Waals surface area contributed by atoms with Gasteiger partial charge in [-0.1, -0.05) is 0 Å². The molecule has 0 aromatic rings. The maximum Gasteiger partial charge on any atom is 0.256 e. The molecule has 4 nitrogen and oxygen atoms in total. The molecular weight excluding hydrogens is 224 g/mol. The molecule has 0 unspecified atom stereocenters. The van der Waals surface area contributed by atoms with E-state index < -0.39 is 0 Å². The Labute approximate surface area is 99.7 Å². The van der Waals surface area contributed by atoms with Crippen molar-refractivity contribution in [1.82, 2.24) is 9.80 Å². The molecule has 5 heteroatoms. The van der Waals surface area contributed by atoms with Crippen LogP contribution in [-0.4, -0.2) is 59.3 Å². The van der Waals surface area contributed by atoms with E-state index in [1.807, 2.05) is 11.8 Å². The van der Waals surface area contributed by atoms with Crippen molar-refractivity contribution < 1.29 is 9.59 Å². The smallest absolute Gasteiger partial charge is 0.256 e. The zero-order chi connectivity index (χ0) is 11.5. The van der Waals surface area contributed by atoms with Gasteiger partial charge in [-0.25, -0.2) is 0 Å². The number of rotatable bonds is 3. The van der Waals surface area contributed by atoms with E-state index in [0.717, 1.165) is 31.1 Å². The first-order valence-corrected chi connectivity index (χ1v) is 6.68. The summed E-state index contributed by atoms with van der Waals surface area (Å²) in [5.41, 5.74) is 0.555. The van der Waals surface area contributed by atoms with Gasteiger partial charge in [0.1, 0.15) is 0 Å². The molecule has 0 aromatic carbocycles. The third kappa shape index (κ3) is 2.47. The number of imide groups is 1. The molecule has 16 heavy (non-hydrogen) atoms. The lowest BCUT2D eigenvalue weighted by Gasteiger charge is -2.27. The number of amides is 2. The van der Waals surface area contributed by atoms with E-state index in [2.05, 4.69) is 4.90 Å². The largest absolute Gasteiger partial charge is 0.300 e. The number of hydrogen-bond acceptors (Lipinski definition) is 4. The lowest BCUT2D eigenvalue weighted by Crippen LogP contribution is -2.41. The van der Waals surface area contributed by atoms with Gasteiger partial charge in [-0.15, -0.1) is 0 Å². The highest BCUT2D eigenvalue weighted by atomic mass is 32.2. The zero-order valence-corrected chi connectivity index (χ0v) is 10.3. The highest BCUT2D eigenvalue weighted by Gasteiger charge is 2.28. The summed E-state index contributed by atoms with van der Waals surface area (Å²) in [6.07, 6.45) is 1.42. The topological polar surface area (TPSA) is 40.6 Å². The van der Waals surface area contributed by atoms with Crippen molar-refractivity contribution in [3.8, 4) is 0 Å². The first-order valence-electron chi connectivity index (χ1n) is 5.53. The third-order valence-corrected chi connectivity index (χ3v) is 3.87. The summed E-state index contributed by atoms with van der Waals surface area (Å²) in [6.45, 7) is 5.15. The van der Waals surface area contributed by atoms with E-state index in [9.17, 15) is 9.59 Å². The second-order valence-corrected chi connectivity index (χ2v) is 5.30. The molecular formula is C11H16N2O2S. The van der Waals surface area contributed by atoms with E-state index >= 15 is 0 Å². The minimum atomic E-state index is -0.158. The second kappa shape index (κ2) is 5.01. The third-order valence-electron chi connectivity index (χ3n) is 2.93. The van der Waals surface area contributed by atoms with E-state index in [4.69, 9.17) is 0 Å². The fourth-order valence-corrected chi connectivity index (χ4v) is 2.89. The van der Waals surface area contributed by atoms with Gasteiger partial charge in [0.2, 0.25) is 0 Å². The number of carbonyl (C=O) groups is 2. The van der Waals surface area contributed by atoms with Crippen LogP contribution in [0.4, 0.5) is 0 Å². The monoisotopic (exact) mass is 240 g/mol. The zero-order valence-electron chi connectivity index (χ0n) is 9.44. The number of carbonyl (C=O) groups excluding carboxylic acids is 2. The normalized spacial score (nSPS) is 22.8. The summed E-state index contributed by atoms with van der Waals surface area (Å²) in [5, 5.41) is 0. The molecule has 2 amide bonds. The molecule has 0 aromatic heterocycles. The van der Waals surface area contributed by atoms with Gasteiger partial charge in [0.25, 0.3) is 11.8 Å². The first kappa shape index (κ1) is 11.7. The Morgan fingerprint density at radius 3 is 2.50 bits per heavy atom. The second-order valence-electron chi connectivity index (χ2n) is 4.08. The van der Waals surface area contributed by atoms with E-state index in [0.29, 0.717) is 12.1 Å². The Morgan fingerprint density at radius 1 is 1.25 bits per heavy atom. The van der Waals surface area contributed by atoms with Crippen LogP contribution in [0.3, 0.4) is 0 Å². The number of nitrogens with zero attached hydrogens (tertiary/aromatic N) is 2. The molecule has 0 radical (unpaired) electrons. The molecule has 0 N–H and O–H groups in total. The molecule has 88 valence electrons. The highest BCUT2D eigenvalue weighted by molar-refractivity contribution is 7.99. The van der Waals surface area contributed by atoms with Gasteiger partial charge in [0, 0.05) is 49.3 Å². The Bertz CT molecular complexity index is 335. The summed E-state index contributed by atoms with van der Waals surface area (Å²) in [6, 6.07) is 0. The van der Waals surface area contributed by atoms with Gasteiger partial charge in [0.15, 0.2) is 0 Å². The van der Waals surface area contributed by atoms with E-state index in [-0.39, 0.29) is 11.8 Å². The summed E-state index contributed by atoms with van der Waals surface area (Å²) >= 11 is 1.96. The Morgan fingerprint density at radius 2 is 1.94 bits per heavy atom. The standard InChI is InChI=1S/C11H16N2O2S/c1-9-8-10(14)13(11(9)15)3-2-12-4-6-16-7-5-12/h8H,2-7H2,1H3. The quantitative estimate of drug-likeness (QED) is 0.668. The molecule has 0 saturated carbocycles. The van der Waals surface area contributed by atoms with Crippen LogP contribution >= 0.6 is 11.8 Å². The van der Waals surface area contributed by atoms with Crippen molar-refractivity contribution >= 4 is 23.6 Å². The average molecular weight is 240 g/mol. The van der Waals surface area contributed by atoms with Gasteiger partial charge >= 0.3 is 0 Å². The van der Waals surface area contributed by atoms with Gasteiger partial charge < -0.3 is 0 Å². The molecule has 0 bridgehead atoms.